The van der Waals surface area contributed by atoms with Gasteiger partial charge >= 0.3 is 103 Å². The Kier molecular flexibility index (Phi) is 8.06. The summed E-state index contributed by atoms with van der Waals surface area (Å²) in [6.07, 6.45) is 30.4. The Morgan fingerprint density at radius 1 is 0.262 bits per heavy atom. The second-order valence-corrected chi connectivity index (χ2v) is 16.9. The average Bonchev–Trinajstić information content (AvgIpc) is 3.64. The molecular formula is C40H50K2. The molecule has 0 heterocycles. The first-order valence-electron chi connectivity index (χ1n) is 18.6. The van der Waals surface area contributed by atoms with Gasteiger partial charge in [0.2, 0.25) is 0 Å². The van der Waals surface area contributed by atoms with Crippen molar-refractivity contribution in [3.05, 3.63) is 55.6 Å². The summed E-state index contributed by atoms with van der Waals surface area (Å²) in [5.41, 5.74) is 20.2. The number of rotatable bonds is 2. The summed E-state index contributed by atoms with van der Waals surface area (Å²) >= 11 is 0. The summed E-state index contributed by atoms with van der Waals surface area (Å²) in [6, 6.07) is 0. The maximum absolute atomic E-state index is 2.04. The van der Waals surface area contributed by atoms with E-state index in [2.05, 4.69) is 0 Å². The zero-order valence-corrected chi connectivity index (χ0v) is 33.2. The third-order valence-corrected chi connectivity index (χ3v) is 15.6. The molecule has 212 valence electrons. The molecule has 0 aromatic heterocycles. The van der Waals surface area contributed by atoms with Crippen LogP contribution in [0.3, 0.4) is 0 Å². The van der Waals surface area contributed by atoms with Crippen molar-refractivity contribution in [1.82, 2.24) is 0 Å². The van der Waals surface area contributed by atoms with E-state index in [0.717, 1.165) is 59.2 Å². The molecule has 0 unspecified atom stereocenters. The SMILES string of the molecule is C1CC2CCC1c1c3c([c-](C4CCC([c-]5c6c(c7c5C5CCC7CC5)C5CCC6CC5)CC4)c12)C1CCC3CC1.[K+].[K+]. The van der Waals surface area contributed by atoms with E-state index in [0.29, 0.717) is 0 Å². The molecule has 0 atom stereocenters. The van der Waals surface area contributed by atoms with Crippen LogP contribution in [0.15, 0.2) is 0 Å². The van der Waals surface area contributed by atoms with Gasteiger partial charge in [0, 0.05) is 0 Å². The van der Waals surface area contributed by atoms with Crippen molar-refractivity contribution in [3.8, 4) is 0 Å². The minimum Gasteiger partial charge on any atom is -0.188 e. The third kappa shape index (κ3) is 4.05. The smallest absolute Gasteiger partial charge is 0.188 e. The summed E-state index contributed by atoms with van der Waals surface area (Å²) in [4.78, 5) is 0. The largest absolute Gasteiger partial charge is 1.00 e. The van der Waals surface area contributed by atoms with Gasteiger partial charge < -0.3 is 0 Å². The predicted octanol–water partition coefficient (Wildman–Crippen LogP) is 5.59. The predicted molar refractivity (Wildman–Crippen MR) is 164 cm³/mol. The Morgan fingerprint density at radius 2 is 0.452 bits per heavy atom. The van der Waals surface area contributed by atoms with Crippen molar-refractivity contribution in [2.45, 2.75) is 188 Å². The topological polar surface area (TPSA) is 0 Å². The van der Waals surface area contributed by atoms with E-state index in [4.69, 9.17) is 0 Å². The summed E-state index contributed by atoms with van der Waals surface area (Å²) in [6.45, 7) is 0. The van der Waals surface area contributed by atoms with Crippen LogP contribution in [-0.2, 0) is 0 Å². The Bertz CT molecular complexity index is 1170. The van der Waals surface area contributed by atoms with Crippen LogP contribution in [0.4, 0.5) is 0 Å². The van der Waals surface area contributed by atoms with Crippen LogP contribution in [0, 0.1) is 0 Å². The van der Waals surface area contributed by atoms with E-state index in [-0.39, 0.29) is 103 Å². The zero-order valence-electron chi connectivity index (χ0n) is 26.9. The molecule has 5 fully saturated rings. The van der Waals surface area contributed by atoms with Crippen LogP contribution >= 0.6 is 0 Å². The summed E-state index contributed by atoms with van der Waals surface area (Å²) in [7, 11) is 0. The molecule has 0 radical (unpaired) electrons. The second-order valence-electron chi connectivity index (χ2n) is 16.9. The molecule has 0 saturated heterocycles. The monoisotopic (exact) mass is 608 g/mol. The van der Waals surface area contributed by atoms with Crippen LogP contribution in [0.1, 0.15) is 243 Å². The maximum atomic E-state index is 2.04. The van der Waals surface area contributed by atoms with E-state index in [1.807, 2.05) is 55.6 Å². The molecule has 42 heavy (non-hydrogen) atoms. The van der Waals surface area contributed by atoms with Gasteiger partial charge in [0.25, 0.3) is 0 Å². The van der Waals surface area contributed by atoms with Crippen molar-refractivity contribution in [1.29, 1.82) is 0 Å². The van der Waals surface area contributed by atoms with Gasteiger partial charge in [-0.05, 0) is 75.0 Å². The summed E-state index contributed by atoms with van der Waals surface area (Å²) < 4.78 is 0. The fourth-order valence-electron chi connectivity index (χ4n) is 14.2. The minimum atomic E-state index is 0. The molecule has 2 aromatic rings. The Morgan fingerprint density at radius 3 is 0.667 bits per heavy atom. The first-order chi connectivity index (χ1) is 19.8. The van der Waals surface area contributed by atoms with E-state index in [1.165, 1.54) is 128 Å². The van der Waals surface area contributed by atoms with E-state index in [1.54, 1.807) is 0 Å². The Hall–Kier alpha value is 1.97. The van der Waals surface area contributed by atoms with Gasteiger partial charge in [0.05, 0.1) is 0 Å². The number of hydrogen-bond donors (Lipinski definition) is 0. The van der Waals surface area contributed by atoms with Gasteiger partial charge in [-0.15, -0.1) is 11.1 Å². The van der Waals surface area contributed by atoms with Gasteiger partial charge in [-0.25, -0.2) is 0 Å². The van der Waals surface area contributed by atoms with Crippen LogP contribution in [0.2, 0.25) is 0 Å². The molecule has 2 aromatic carbocycles. The van der Waals surface area contributed by atoms with Crippen molar-refractivity contribution < 1.29 is 103 Å². The van der Waals surface area contributed by atoms with Crippen LogP contribution < -0.4 is 103 Å². The third-order valence-electron chi connectivity index (χ3n) is 15.6. The first-order valence-corrected chi connectivity index (χ1v) is 18.6. The average molecular weight is 609 g/mol. The standard InChI is InChI=1S/C40H50.2K/c1-9-25-10-2-21(1)31-32-22-3-11-26(12-4-22)36(32)39(35(25)31)29-17-19-30(20-18-29)40-37-27-13-5-23(6-14-27)33(37)34-24-7-15-28(16-8-24)38(34)40;;/h21-30H,1-20H2;;/q-2;2*+1. The normalized spacial score (nSPS) is 41.4. The van der Waals surface area contributed by atoms with Crippen molar-refractivity contribution in [2.24, 2.45) is 0 Å². The molecule has 0 spiro atoms. The molecule has 0 aliphatic heterocycles. The van der Waals surface area contributed by atoms with E-state index < -0.39 is 0 Å². The van der Waals surface area contributed by atoms with Gasteiger partial charge in [0.15, 0.2) is 0 Å². The van der Waals surface area contributed by atoms with Gasteiger partial charge in [-0.1, -0.05) is 113 Å². The van der Waals surface area contributed by atoms with Crippen LogP contribution in [0.5, 0.6) is 0 Å². The molecule has 13 aliphatic carbocycles. The van der Waals surface area contributed by atoms with Crippen molar-refractivity contribution in [2.75, 3.05) is 0 Å². The number of fused-ring (bicyclic) bond motifs is 8. The number of hydrogen-bond acceptors (Lipinski definition) is 0. The van der Waals surface area contributed by atoms with Crippen molar-refractivity contribution in [3.63, 3.8) is 0 Å². The molecule has 8 bridgehead atoms. The fraction of sp³-hybridized carbons (Fsp3) is 0.750. The van der Waals surface area contributed by atoms with E-state index in [9.17, 15) is 0 Å². The molecule has 0 nitrogen and oxygen atoms in total. The Labute approximate surface area is 340 Å². The zero-order chi connectivity index (χ0) is 25.7. The van der Waals surface area contributed by atoms with Gasteiger partial charge in [-0.2, -0.15) is 44.5 Å². The molecule has 5 saturated carbocycles. The Balaban J connectivity index is 0.00000125. The van der Waals surface area contributed by atoms with Crippen molar-refractivity contribution >= 4 is 0 Å². The molecule has 0 N–H and O–H groups in total. The summed E-state index contributed by atoms with van der Waals surface area (Å²) in [5.74, 6) is 9.38. The van der Waals surface area contributed by atoms with Crippen LogP contribution in [-0.4, -0.2) is 0 Å². The minimum absolute atomic E-state index is 0. The van der Waals surface area contributed by atoms with E-state index >= 15 is 0 Å². The van der Waals surface area contributed by atoms with Gasteiger partial charge in [0.1, 0.15) is 0 Å². The van der Waals surface area contributed by atoms with Crippen LogP contribution in [0.25, 0.3) is 0 Å². The summed E-state index contributed by atoms with van der Waals surface area (Å²) in [5, 5.41) is 0. The molecule has 13 aliphatic rings. The fourth-order valence-corrected chi connectivity index (χ4v) is 14.2. The van der Waals surface area contributed by atoms with Gasteiger partial charge in [-0.3, -0.25) is 0 Å². The first kappa shape index (κ1) is 30.1. The molecule has 2 heteroatoms. The molecular weight excluding hydrogens is 559 g/mol. The molecule has 0 amide bonds. The quantitative estimate of drug-likeness (QED) is 0.308. The second kappa shape index (κ2) is 11.3. The maximum Gasteiger partial charge on any atom is 1.00 e. The molecule has 15 rings (SSSR count).